The molecule has 3 heteroatoms. The monoisotopic (exact) mass is 210 g/mol. The van der Waals surface area contributed by atoms with Crippen molar-refractivity contribution < 1.29 is 4.79 Å². The van der Waals surface area contributed by atoms with Gasteiger partial charge in [0.15, 0.2) is 0 Å². The molecule has 2 rings (SSSR count). The van der Waals surface area contributed by atoms with Crippen molar-refractivity contribution in [1.82, 2.24) is 10.2 Å². The average molecular weight is 210 g/mol. The molecule has 1 N–H and O–H groups in total. The Morgan fingerprint density at radius 2 is 2.13 bits per heavy atom. The van der Waals surface area contributed by atoms with Gasteiger partial charge in [0.2, 0.25) is 0 Å². The Bertz CT molecular complexity index is 224. The Kier molecular flexibility index (Phi) is 3.76. The van der Waals surface area contributed by atoms with Gasteiger partial charge in [0.05, 0.1) is 6.54 Å². The number of nitrogens with zero attached hydrogens (tertiary/aromatic N) is 1. The van der Waals surface area contributed by atoms with Crippen LogP contribution in [0, 0.1) is 0 Å². The van der Waals surface area contributed by atoms with Gasteiger partial charge >= 0.3 is 0 Å². The topological polar surface area (TPSA) is 32.3 Å². The zero-order chi connectivity index (χ0) is 10.7. The molecule has 3 nitrogen and oxygen atoms in total. The number of hydrogen-bond acceptors (Lipinski definition) is 3. The maximum Gasteiger partial charge on any atom is 0.148 e. The van der Waals surface area contributed by atoms with Crippen molar-refractivity contribution in [1.29, 1.82) is 0 Å². The summed E-state index contributed by atoms with van der Waals surface area (Å²) >= 11 is 0. The molecular formula is C12H22N2O. The van der Waals surface area contributed by atoms with Gasteiger partial charge in [0.1, 0.15) is 5.78 Å². The molecule has 0 aromatic rings. The minimum absolute atomic E-state index is 0.378. The summed E-state index contributed by atoms with van der Waals surface area (Å²) in [6, 6.07) is 1.25. The average Bonchev–Trinajstić information content (AvgIpc) is 2.84. The Morgan fingerprint density at radius 3 is 2.73 bits per heavy atom. The number of ketones is 1. The van der Waals surface area contributed by atoms with Crippen LogP contribution in [0.1, 0.15) is 38.5 Å². The molecule has 0 aromatic heterocycles. The van der Waals surface area contributed by atoms with Crippen molar-refractivity contribution in [2.24, 2.45) is 0 Å². The van der Waals surface area contributed by atoms with Crippen LogP contribution in [0.4, 0.5) is 0 Å². The second-order valence-corrected chi connectivity index (χ2v) is 5.03. The molecule has 1 heterocycles. The first-order valence-electron chi connectivity index (χ1n) is 6.21. The lowest BCUT2D eigenvalue weighted by atomic mass is 10.1. The summed E-state index contributed by atoms with van der Waals surface area (Å²) in [5, 5.41) is 3.28. The molecule has 86 valence electrons. The van der Waals surface area contributed by atoms with Crippen LogP contribution in [0.3, 0.4) is 0 Å². The summed E-state index contributed by atoms with van der Waals surface area (Å²) in [6.07, 6.45) is 7.41. The van der Waals surface area contributed by atoms with Crippen LogP contribution in [0.15, 0.2) is 0 Å². The summed E-state index contributed by atoms with van der Waals surface area (Å²) in [5.74, 6) is 0.378. The van der Waals surface area contributed by atoms with E-state index in [1.807, 2.05) is 0 Å². The minimum atomic E-state index is 0.378. The van der Waals surface area contributed by atoms with Gasteiger partial charge < -0.3 is 10.2 Å². The Hall–Kier alpha value is -0.410. The zero-order valence-electron chi connectivity index (χ0n) is 9.67. The molecule has 0 spiro atoms. The predicted molar refractivity (Wildman–Crippen MR) is 60.9 cm³/mol. The number of Topliss-reactive ketones (excluding diaryl/α,β-unsaturated/α-hetero) is 1. The Balaban J connectivity index is 1.66. The van der Waals surface area contributed by atoms with Crippen molar-refractivity contribution in [2.45, 2.75) is 50.6 Å². The number of carbonyl (C=O) groups is 1. The molecule has 1 saturated carbocycles. The second-order valence-electron chi connectivity index (χ2n) is 5.03. The third-order valence-electron chi connectivity index (χ3n) is 3.84. The van der Waals surface area contributed by atoms with E-state index < -0.39 is 0 Å². The first kappa shape index (κ1) is 11.1. The summed E-state index contributed by atoms with van der Waals surface area (Å²) < 4.78 is 0. The lowest BCUT2D eigenvalue weighted by Gasteiger charge is -2.25. The summed E-state index contributed by atoms with van der Waals surface area (Å²) in [5.41, 5.74) is 0. The normalized spacial score (nSPS) is 28.1. The molecule has 2 aliphatic rings. The fourth-order valence-corrected chi connectivity index (χ4v) is 2.77. The molecule has 0 bridgehead atoms. The zero-order valence-corrected chi connectivity index (χ0v) is 9.67. The van der Waals surface area contributed by atoms with E-state index in [9.17, 15) is 4.79 Å². The largest absolute Gasteiger partial charge is 0.307 e. The van der Waals surface area contributed by atoms with Gasteiger partial charge in [-0.3, -0.25) is 4.79 Å². The van der Waals surface area contributed by atoms with Gasteiger partial charge in [0.25, 0.3) is 0 Å². The van der Waals surface area contributed by atoms with Crippen molar-refractivity contribution >= 4 is 5.78 Å². The molecular weight excluding hydrogens is 188 g/mol. The van der Waals surface area contributed by atoms with Crippen molar-refractivity contribution in [3.05, 3.63) is 0 Å². The molecule has 0 aromatic carbocycles. The van der Waals surface area contributed by atoms with Crippen LogP contribution in [-0.4, -0.2) is 42.9 Å². The summed E-state index contributed by atoms with van der Waals surface area (Å²) in [6.45, 7) is 1.73. The van der Waals surface area contributed by atoms with E-state index in [1.54, 1.807) is 0 Å². The maximum atomic E-state index is 11.1. The fraction of sp³-hybridized carbons (Fsp3) is 0.917. The van der Waals surface area contributed by atoms with Crippen molar-refractivity contribution in [2.75, 3.05) is 20.1 Å². The molecule has 1 aliphatic heterocycles. The van der Waals surface area contributed by atoms with Gasteiger partial charge in [0, 0.05) is 18.5 Å². The third kappa shape index (κ3) is 3.02. The van der Waals surface area contributed by atoms with Crippen LogP contribution in [0.2, 0.25) is 0 Å². The molecule has 15 heavy (non-hydrogen) atoms. The van der Waals surface area contributed by atoms with E-state index >= 15 is 0 Å². The standard InChI is InChI=1S/C12H22N2O/c1-14(11-4-2-3-5-11)7-6-10-8-12(15)9-13-10/h10-11,13H,2-9H2,1H3. The second kappa shape index (κ2) is 5.08. The number of rotatable bonds is 4. The van der Waals surface area contributed by atoms with Crippen LogP contribution >= 0.6 is 0 Å². The highest BCUT2D eigenvalue weighted by atomic mass is 16.1. The predicted octanol–water partition coefficient (Wildman–Crippen LogP) is 1.18. The quantitative estimate of drug-likeness (QED) is 0.756. The van der Waals surface area contributed by atoms with Gasteiger partial charge in [-0.2, -0.15) is 0 Å². The van der Waals surface area contributed by atoms with Gasteiger partial charge in [-0.1, -0.05) is 12.8 Å². The molecule has 1 unspecified atom stereocenters. The molecule has 1 aliphatic carbocycles. The number of carbonyl (C=O) groups excluding carboxylic acids is 1. The van der Waals surface area contributed by atoms with Crippen molar-refractivity contribution in [3.8, 4) is 0 Å². The summed E-state index contributed by atoms with van der Waals surface area (Å²) in [4.78, 5) is 13.6. The van der Waals surface area contributed by atoms with E-state index in [2.05, 4.69) is 17.3 Å². The molecule has 0 amide bonds. The number of hydrogen-bond donors (Lipinski definition) is 1. The Morgan fingerprint density at radius 1 is 1.40 bits per heavy atom. The van der Waals surface area contributed by atoms with Crippen LogP contribution in [-0.2, 0) is 4.79 Å². The highest BCUT2D eigenvalue weighted by molar-refractivity contribution is 5.83. The maximum absolute atomic E-state index is 11.1. The van der Waals surface area contributed by atoms with Gasteiger partial charge in [-0.25, -0.2) is 0 Å². The minimum Gasteiger partial charge on any atom is -0.307 e. The molecule has 1 saturated heterocycles. The first-order chi connectivity index (χ1) is 7.25. The van der Waals surface area contributed by atoms with E-state index in [-0.39, 0.29) is 0 Å². The highest BCUT2D eigenvalue weighted by Crippen LogP contribution is 2.22. The molecule has 2 fully saturated rings. The first-order valence-corrected chi connectivity index (χ1v) is 6.21. The van der Waals surface area contributed by atoms with Crippen LogP contribution in [0.25, 0.3) is 0 Å². The van der Waals surface area contributed by atoms with Gasteiger partial charge in [-0.05, 0) is 32.9 Å². The van der Waals surface area contributed by atoms with E-state index in [0.717, 1.165) is 25.4 Å². The van der Waals surface area contributed by atoms with E-state index in [0.29, 0.717) is 18.4 Å². The smallest absolute Gasteiger partial charge is 0.148 e. The number of nitrogens with one attached hydrogen (secondary N) is 1. The molecule has 0 radical (unpaired) electrons. The van der Waals surface area contributed by atoms with Crippen molar-refractivity contribution in [3.63, 3.8) is 0 Å². The van der Waals surface area contributed by atoms with E-state index in [1.165, 1.54) is 25.7 Å². The Labute approximate surface area is 92.2 Å². The van der Waals surface area contributed by atoms with E-state index in [4.69, 9.17) is 0 Å². The summed E-state index contributed by atoms with van der Waals surface area (Å²) in [7, 11) is 2.23. The lowest BCUT2D eigenvalue weighted by Crippen LogP contribution is -2.33. The van der Waals surface area contributed by atoms with Crippen LogP contribution in [0.5, 0.6) is 0 Å². The van der Waals surface area contributed by atoms with Crippen LogP contribution < -0.4 is 5.32 Å². The highest BCUT2D eigenvalue weighted by Gasteiger charge is 2.23. The SMILES string of the molecule is CN(CCC1CC(=O)CN1)C1CCCC1. The van der Waals surface area contributed by atoms with Gasteiger partial charge in [-0.15, -0.1) is 0 Å². The lowest BCUT2D eigenvalue weighted by molar-refractivity contribution is -0.116. The third-order valence-corrected chi connectivity index (χ3v) is 3.84. The molecule has 1 atom stereocenters. The fourth-order valence-electron chi connectivity index (χ4n) is 2.77.